The molecule has 0 unspecified atom stereocenters. The molecule has 1 saturated heterocycles. The molecule has 0 spiro atoms. The minimum Gasteiger partial charge on any atom is -0.495 e. The van der Waals surface area contributed by atoms with Gasteiger partial charge in [-0.1, -0.05) is 41.1 Å². The molecule has 2 aromatic carbocycles. The number of piperazine rings is 1. The Hall–Kier alpha value is -3.91. The summed E-state index contributed by atoms with van der Waals surface area (Å²) in [5.41, 5.74) is 3.26. The number of benzene rings is 2. The number of halogens is 1. The fraction of sp³-hybridized carbons (Fsp3) is 0.200. The van der Waals surface area contributed by atoms with Gasteiger partial charge in [0, 0.05) is 44.1 Å². The van der Waals surface area contributed by atoms with Gasteiger partial charge in [-0.05, 0) is 36.4 Å². The van der Waals surface area contributed by atoms with Crippen molar-refractivity contribution in [3.63, 3.8) is 0 Å². The van der Waals surface area contributed by atoms with Crippen molar-refractivity contribution in [2.24, 2.45) is 0 Å². The molecule has 9 heteroatoms. The summed E-state index contributed by atoms with van der Waals surface area (Å²) < 4.78 is 7.11. The van der Waals surface area contributed by atoms with E-state index in [1.54, 1.807) is 30.3 Å². The number of hydrogen-bond donors (Lipinski definition) is 0. The Bertz CT molecular complexity index is 1300. The molecule has 0 aliphatic carbocycles. The van der Waals surface area contributed by atoms with Gasteiger partial charge in [0.1, 0.15) is 11.4 Å². The van der Waals surface area contributed by atoms with Crippen LogP contribution in [0.4, 0.5) is 5.69 Å². The average molecular weight is 475 g/mol. The molecule has 1 aliphatic heterocycles. The third kappa shape index (κ3) is 4.08. The summed E-state index contributed by atoms with van der Waals surface area (Å²) in [5.74, 6) is 0.653. The van der Waals surface area contributed by atoms with Crippen molar-refractivity contribution in [2.75, 3.05) is 38.2 Å². The third-order valence-corrected chi connectivity index (χ3v) is 6.20. The molecule has 0 N–H and O–H groups in total. The maximum atomic E-state index is 13.6. The van der Waals surface area contributed by atoms with E-state index in [4.69, 9.17) is 16.3 Å². The van der Waals surface area contributed by atoms with Crippen LogP contribution in [0.25, 0.3) is 16.9 Å². The van der Waals surface area contributed by atoms with Gasteiger partial charge in [-0.15, -0.1) is 5.10 Å². The molecule has 0 bridgehead atoms. The van der Waals surface area contributed by atoms with Crippen LogP contribution < -0.4 is 9.64 Å². The number of anilines is 1. The summed E-state index contributed by atoms with van der Waals surface area (Å²) in [7, 11) is 1.67. The first-order valence-corrected chi connectivity index (χ1v) is 11.3. The molecule has 3 heterocycles. The van der Waals surface area contributed by atoms with Crippen molar-refractivity contribution in [3.8, 4) is 22.7 Å². The quantitative estimate of drug-likeness (QED) is 0.436. The number of methoxy groups -OCH3 is 1. The number of amides is 1. The van der Waals surface area contributed by atoms with Crippen LogP contribution in [0, 0.1) is 0 Å². The topological polar surface area (TPSA) is 76.4 Å². The molecule has 1 amide bonds. The van der Waals surface area contributed by atoms with E-state index >= 15 is 0 Å². The summed E-state index contributed by atoms with van der Waals surface area (Å²) in [5, 5.41) is 9.11. The van der Waals surface area contributed by atoms with Crippen molar-refractivity contribution < 1.29 is 9.53 Å². The highest BCUT2D eigenvalue weighted by Gasteiger charge is 2.29. The van der Waals surface area contributed by atoms with E-state index in [9.17, 15) is 4.79 Å². The number of aromatic nitrogens is 4. The fourth-order valence-electron chi connectivity index (χ4n) is 4.17. The molecule has 4 aromatic rings. The number of hydrogen-bond acceptors (Lipinski definition) is 6. The van der Waals surface area contributed by atoms with Crippen LogP contribution >= 0.6 is 11.6 Å². The van der Waals surface area contributed by atoms with E-state index in [0.29, 0.717) is 42.6 Å². The van der Waals surface area contributed by atoms with Gasteiger partial charge < -0.3 is 14.5 Å². The van der Waals surface area contributed by atoms with Crippen LogP contribution in [-0.4, -0.2) is 64.1 Å². The number of pyridine rings is 1. The lowest BCUT2D eigenvalue weighted by molar-refractivity contribution is 0.0741. The smallest absolute Gasteiger partial charge is 0.276 e. The second-order valence-corrected chi connectivity index (χ2v) is 8.25. The van der Waals surface area contributed by atoms with Crippen molar-refractivity contribution in [1.82, 2.24) is 24.9 Å². The molecule has 0 atom stereocenters. The van der Waals surface area contributed by atoms with E-state index in [2.05, 4.69) is 20.2 Å². The van der Waals surface area contributed by atoms with E-state index in [0.717, 1.165) is 17.0 Å². The van der Waals surface area contributed by atoms with E-state index in [1.165, 1.54) is 0 Å². The van der Waals surface area contributed by atoms with Gasteiger partial charge in [-0.25, -0.2) is 4.68 Å². The van der Waals surface area contributed by atoms with Crippen LogP contribution in [0.5, 0.6) is 5.75 Å². The third-order valence-electron chi connectivity index (χ3n) is 5.88. The Morgan fingerprint density at radius 1 is 0.941 bits per heavy atom. The summed E-state index contributed by atoms with van der Waals surface area (Å²) in [6, 6.07) is 19.0. The highest BCUT2D eigenvalue weighted by Crippen LogP contribution is 2.31. The number of para-hydroxylation sites is 3. The first kappa shape index (κ1) is 21.9. The van der Waals surface area contributed by atoms with Crippen molar-refractivity contribution in [1.29, 1.82) is 0 Å². The normalized spacial score (nSPS) is 13.7. The average Bonchev–Trinajstić information content (AvgIpc) is 3.34. The number of carbonyl (C=O) groups excluding carboxylic acids is 1. The first-order chi connectivity index (χ1) is 16.7. The second-order valence-electron chi connectivity index (χ2n) is 7.84. The standard InChI is InChI=1S/C25H23ClN6O2/c1-34-22-11-5-4-10-21(22)30-13-15-31(16-14-30)25(33)23-24(18-7-6-12-27-17-18)32(29-28-23)20-9-3-2-8-19(20)26/h2-12,17H,13-16H2,1H3. The maximum absolute atomic E-state index is 13.6. The Labute approximate surface area is 202 Å². The van der Waals surface area contributed by atoms with Gasteiger partial charge in [-0.3, -0.25) is 9.78 Å². The summed E-state index contributed by atoms with van der Waals surface area (Å²) in [6.45, 7) is 2.49. The molecule has 2 aromatic heterocycles. The van der Waals surface area contributed by atoms with Crippen LogP contribution in [0.1, 0.15) is 10.5 Å². The lowest BCUT2D eigenvalue weighted by Gasteiger charge is -2.36. The Morgan fingerprint density at radius 3 is 2.38 bits per heavy atom. The van der Waals surface area contributed by atoms with Gasteiger partial charge in [0.25, 0.3) is 5.91 Å². The number of ether oxygens (including phenoxy) is 1. The molecule has 1 aliphatic rings. The van der Waals surface area contributed by atoms with Crippen LogP contribution in [0.2, 0.25) is 5.02 Å². The molecule has 5 rings (SSSR count). The van der Waals surface area contributed by atoms with E-state index < -0.39 is 0 Å². The summed E-state index contributed by atoms with van der Waals surface area (Å²) in [4.78, 5) is 21.9. The van der Waals surface area contributed by atoms with Crippen LogP contribution in [-0.2, 0) is 0 Å². The molecule has 8 nitrogen and oxygen atoms in total. The number of rotatable bonds is 5. The van der Waals surface area contributed by atoms with Gasteiger partial charge in [0.05, 0.1) is 23.5 Å². The lowest BCUT2D eigenvalue weighted by Crippen LogP contribution is -2.49. The fourth-order valence-corrected chi connectivity index (χ4v) is 4.39. The Kier molecular flexibility index (Phi) is 6.14. The maximum Gasteiger partial charge on any atom is 0.276 e. The van der Waals surface area contributed by atoms with Crippen LogP contribution in [0.3, 0.4) is 0 Å². The zero-order chi connectivity index (χ0) is 23.5. The van der Waals surface area contributed by atoms with Crippen molar-refractivity contribution in [3.05, 3.63) is 83.8 Å². The molecule has 0 saturated carbocycles. The highest BCUT2D eigenvalue weighted by atomic mass is 35.5. The number of carbonyl (C=O) groups is 1. The molecular weight excluding hydrogens is 452 g/mol. The summed E-state index contributed by atoms with van der Waals surface area (Å²) in [6.07, 6.45) is 3.38. The van der Waals surface area contributed by atoms with Gasteiger partial charge in [-0.2, -0.15) is 0 Å². The molecule has 34 heavy (non-hydrogen) atoms. The minimum atomic E-state index is -0.170. The Balaban J connectivity index is 1.44. The van der Waals surface area contributed by atoms with Gasteiger partial charge >= 0.3 is 0 Å². The molecule has 172 valence electrons. The van der Waals surface area contributed by atoms with E-state index in [-0.39, 0.29) is 11.6 Å². The van der Waals surface area contributed by atoms with Gasteiger partial charge in [0.15, 0.2) is 5.69 Å². The van der Waals surface area contributed by atoms with Crippen molar-refractivity contribution >= 4 is 23.2 Å². The van der Waals surface area contributed by atoms with Crippen molar-refractivity contribution in [2.45, 2.75) is 0 Å². The molecule has 1 fully saturated rings. The van der Waals surface area contributed by atoms with E-state index in [1.807, 2.05) is 59.5 Å². The highest BCUT2D eigenvalue weighted by molar-refractivity contribution is 6.32. The zero-order valence-electron chi connectivity index (χ0n) is 18.6. The molecule has 0 radical (unpaired) electrons. The van der Waals surface area contributed by atoms with Gasteiger partial charge in [0.2, 0.25) is 0 Å². The molecular formula is C25H23ClN6O2. The monoisotopic (exact) mass is 474 g/mol. The minimum absolute atomic E-state index is 0.170. The largest absolute Gasteiger partial charge is 0.495 e. The lowest BCUT2D eigenvalue weighted by atomic mass is 10.1. The SMILES string of the molecule is COc1ccccc1N1CCN(C(=O)c2nnn(-c3ccccc3Cl)c2-c2cccnc2)CC1. The Morgan fingerprint density at radius 2 is 1.68 bits per heavy atom. The predicted octanol–water partition coefficient (Wildman–Crippen LogP) is 3.95. The second kappa shape index (κ2) is 9.52. The first-order valence-electron chi connectivity index (χ1n) is 11.0. The number of nitrogens with zero attached hydrogens (tertiary/aromatic N) is 6. The summed E-state index contributed by atoms with van der Waals surface area (Å²) >= 11 is 6.44. The van der Waals surface area contributed by atoms with Crippen LogP contribution in [0.15, 0.2) is 73.1 Å². The predicted molar refractivity (Wildman–Crippen MR) is 131 cm³/mol. The zero-order valence-corrected chi connectivity index (χ0v) is 19.4.